The number of aromatic nitrogens is 1. The lowest BCUT2D eigenvalue weighted by Crippen LogP contribution is -2.49. The Hall–Kier alpha value is -3.85. The van der Waals surface area contributed by atoms with E-state index in [1.54, 1.807) is 41.3 Å². The van der Waals surface area contributed by atoms with Crippen molar-refractivity contribution in [2.75, 3.05) is 41.3 Å². The molecule has 0 atom stereocenters. The molecule has 3 aromatic rings. The molecule has 1 saturated heterocycles. The number of carbonyl (C=O) groups is 2. The Balaban J connectivity index is 1.14. The number of benzene rings is 2. The van der Waals surface area contributed by atoms with Gasteiger partial charge in [-0.05, 0) is 85.3 Å². The molecule has 0 aliphatic carbocycles. The topological polar surface area (TPSA) is 89.0 Å². The van der Waals surface area contributed by atoms with Crippen molar-refractivity contribution in [3.8, 4) is 5.75 Å². The van der Waals surface area contributed by atoms with Crippen molar-refractivity contribution in [3.63, 3.8) is 0 Å². The minimum atomic E-state index is -0.308. The van der Waals surface area contributed by atoms with Crippen LogP contribution in [0.3, 0.4) is 0 Å². The molecule has 10 heteroatoms. The molecule has 3 amide bonds. The van der Waals surface area contributed by atoms with Gasteiger partial charge in [-0.15, -0.1) is 0 Å². The van der Waals surface area contributed by atoms with E-state index in [0.717, 1.165) is 35.3 Å². The third-order valence-electron chi connectivity index (χ3n) is 7.65. The summed E-state index contributed by atoms with van der Waals surface area (Å²) in [5.41, 5.74) is 3.63. The Bertz CT molecular complexity index is 1430. The maximum absolute atomic E-state index is 13.6. The standard InChI is InChI=1S/C28H27ClFN5O3/c29-25-15-19(27(37)35-12-6-18-13-20(30)1-4-24(18)35)16-26(32-25)33-9-7-21(8-10-33)34-11-5-17-14-22(36)2-3-23(17)31-28(34)38/h1-4,13-16,21,36H,5-12H2,(H,31,38). The largest absolute Gasteiger partial charge is 0.508 e. The third kappa shape index (κ3) is 4.62. The van der Waals surface area contributed by atoms with E-state index in [0.29, 0.717) is 50.4 Å². The van der Waals surface area contributed by atoms with Crippen molar-refractivity contribution in [1.82, 2.24) is 9.88 Å². The van der Waals surface area contributed by atoms with Crippen LogP contribution in [0.4, 0.5) is 26.4 Å². The van der Waals surface area contributed by atoms with Crippen LogP contribution in [0.25, 0.3) is 0 Å². The van der Waals surface area contributed by atoms with Gasteiger partial charge in [0.2, 0.25) is 0 Å². The van der Waals surface area contributed by atoms with Gasteiger partial charge in [-0.2, -0.15) is 0 Å². The fourth-order valence-corrected chi connectivity index (χ4v) is 5.90. The highest BCUT2D eigenvalue weighted by atomic mass is 35.5. The summed E-state index contributed by atoms with van der Waals surface area (Å²) >= 11 is 6.35. The lowest BCUT2D eigenvalue weighted by molar-refractivity contribution is 0.0989. The van der Waals surface area contributed by atoms with Gasteiger partial charge in [-0.3, -0.25) is 4.79 Å². The highest BCUT2D eigenvalue weighted by Gasteiger charge is 2.31. The van der Waals surface area contributed by atoms with Crippen LogP contribution < -0.4 is 15.1 Å². The third-order valence-corrected chi connectivity index (χ3v) is 7.85. The highest BCUT2D eigenvalue weighted by molar-refractivity contribution is 6.30. The number of hydrogen-bond acceptors (Lipinski definition) is 5. The summed E-state index contributed by atoms with van der Waals surface area (Å²) in [4.78, 5) is 36.4. The Kier molecular flexibility index (Phi) is 6.31. The predicted octanol–water partition coefficient (Wildman–Crippen LogP) is 4.84. The first-order valence-electron chi connectivity index (χ1n) is 12.8. The fraction of sp³-hybridized carbons (Fsp3) is 0.321. The van der Waals surface area contributed by atoms with E-state index in [1.165, 1.54) is 12.1 Å². The molecule has 2 N–H and O–H groups in total. The van der Waals surface area contributed by atoms with E-state index >= 15 is 0 Å². The van der Waals surface area contributed by atoms with Gasteiger partial charge in [0.15, 0.2) is 0 Å². The second-order valence-electron chi connectivity index (χ2n) is 9.95. The second-order valence-corrected chi connectivity index (χ2v) is 10.3. The van der Waals surface area contributed by atoms with Gasteiger partial charge >= 0.3 is 6.03 Å². The van der Waals surface area contributed by atoms with Gasteiger partial charge in [0.25, 0.3) is 5.91 Å². The second kappa shape index (κ2) is 9.79. The molecular weight excluding hydrogens is 509 g/mol. The molecule has 0 unspecified atom stereocenters. The van der Waals surface area contributed by atoms with E-state index in [9.17, 15) is 19.1 Å². The van der Waals surface area contributed by atoms with Crippen LogP contribution in [0.15, 0.2) is 48.5 Å². The number of pyridine rings is 1. The summed E-state index contributed by atoms with van der Waals surface area (Å²) in [5.74, 6) is 0.315. The van der Waals surface area contributed by atoms with Crippen LogP contribution in [0.1, 0.15) is 34.3 Å². The van der Waals surface area contributed by atoms with Crippen molar-refractivity contribution in [1.29, 1.82) is 0 Å². The Morgan fingerprint density at radius 1 is 1.00 bits per heavy atom. The molecule has 0 spiro atoms. The molecule has 4 heterocycles. The maximum atomic E-state index is 13.6. The van der Waals surface area contributed by atoms with Gasteiger partial charge in [0.05, 0.1) is 0 Å². The minimum Gasteiger partial charge on any atom is -0.508 e. The molecule has 0 bridgehead atoms. The summed E-state index contributed by atoms with van der Waals surface area (Å²) in [6, 6.07) is 12.8. The lowest BCUT2D eigenvalue weighted by atomic mass is 10.0. The van der Waals surface area contributed by atoms with Gasteiger partial charge in [-0.25, -0.2) is 14.2 Å². The van der Waals surface area contributed by atoms with E-state index in [4.69, 9.17) is 11.6 Å². The van der Waals surface area contributed by atoms with Crippen molar-refractivity contribution in [2.45, 2.75) is 31.7 Å². The molecule has 1 aromatic heterocycles. The number of phenolic OH excluding ortho intramolecular Hbond substituents is 1. The summed E-state index contributed by atoms with van der Waals surface area (Å²) in [6.07, 6.45) is 2.76. The van der Waals surface area contributed by atoms with Crippen LogP contribution >= 0.6 is 11.6 Å². The molecule has 38 heavy (non-hydrogen) atoms. The molecule has 0 radical (unpaired) electrons. The van der Waals surface area contributed by atoms with Gasteiger partial charge < -0.3 is 25.1 Å². The first kappa shape index (κ1) is 24.5. The van der Waals surface area contributed by atoms with Crippen LogP contribution in [0.2, 0.25) is 5.15 Å². The number of carbonyl (C=O) groups excluding carboxylic acids is 2. The lowest BCUT2D eigenvalue weighted by Gasteiger charge is -2.38. The number of rotatable bonds is 3. The molecular formula is C28H27ClFN5O3. The van der Waals surface area contributed by atoms with Crippen molar-refractivity contribution < 1.29 is 19.1 Å². The maximum Gasteiger partial charge on any atom is 0.322 e. The summed E-state index contributed by atoms with van der Waals surface area (Å²) in [6.45, 7) is 2.38. The molecule has 8 nitrogen and oxygen atoms in total. The number of nitrogens with one attached hydrogen (secondary N) is 1. The first-order chi connectivity index (χ1) is 18.4. The first-order valence-corrected chi connectivity index (χ1v) is 13.2. The van der Waals surface area contributed by atoms with Gasteiger partial charge in [-0.1, -0.05) is 11.6 Å². The monoisotopic (exact) mass is 535 g/mol. The van der Waals surface area contributed by atoms with Crippen molar-refractivity contribution in [3.05, 3.63) is 76.2 Å². The van der Waals surface area contributed by atoms with E-state index < -0.39 is 0 Å². The average molecular weight is 536 g/mol. The summed E-state index contributed by atoms with van der Waals surface area (Å²) < 4.78 is 13.6. The average Bonchev–Trinajstić information content (AvgIpc) is 3.25. The van der Waals surface area contributed by atoms with E-state index in [-0.39, 0.29) is 34.7 Å². The highest BCUT2D eigenvalue weighted by Crippen LogP contribution is 2.32. The number of amides is 3. The number of halogens is 2. The number of piperidine rings is 1. The number of hydrogen-bond donors (Lipinski definition) is 2. The van der Waals surface area contributed by atoms with E-state index in [1.807, 2.05) is 4.90 Å². The zero-order valence-electron chi connectivity index (χ0n) is 20.7. The molecule has 1 fully saturated rings. The van der Waals surface area contributed by atoms with Crippen LogP contribution in [0, 0.1) is 5.82 Å². The zero-order chi connectivity index (χ0) is 26.4. The summed E-state index contributed by atoms with van der Waals surface area (Å²) in [7, 11) is 0. The Labute approximate surface area is 224 Å². The predicted molar refractivity (Wildman–Crippen MR) is 144 cm³/mol. The molecule has 3 aliphatic rings. The number of aromatic hydroxyl groups is 1. The number of urea groups is 1. The zero-order valence-corrected chi connectivity index (χ0v) is 21.4. The smallest absolute Gasteiger partial charge is 0.322 e. The number of fused-ring (bicyclic) bond motifs is 2. The quantitative estimate of drug-likeness (QED) is 0.370. The normalized spacial score (nSPS) is 17.6. The van der Waals surface area contributed by atoms with Gasteiger partial charge in [0, 0.05) is 49.2 Å². The van der Waals surface area contributed by atoms with Crippen molar-refractivity contribution in [2.24, 2.45) is 0 Å². The number of anilines is 3. The molecule has 6 rings (SSSR count). The number of phenols is 1. The van der Waals surface area contributed by atoms with Gasteiger partial charge in [0.1, 0.15) is 22.5 Å². The van der Waals surface area contributed by atoms with Crippen LogP contribution in [0.5, 0.6) is 5.75 Å². The van der Waals surface area contributed by atoms with Crippen LogP contribution in [-0.2, 0) is 12.8 Å². The van der Waals surface area contributed by atoms with Crippen molar-refractivity contribution >= 4 is 40.7 Å². The molecule has 2 aromatic carbocycles. The Morgan fingerprint density at radius 2 is 1.79 bits per heavy atom. The van der Waals surface area contributed by atoms with E-state index in [2.05, 4.69) is 15.2 Å². The molecule has 3 aliphatic heterocycles. The Morgan fingerprint density at radius 3 is 2.61 bits per heavy atom. The SMILES string of the molecule is O=C(c1cc(Cl)nc(N2CCC(N3CCc4cc(O)ccc4NC3=O)CC2)c1)N1CCc2cc(F)ccc21. The summed E-state index contributed by atoms with van der Waals surface area (Å²) in [5, 5.41) is 13.0. The molecule has 0 saturated carbocycles. The fourth-order valence-electron chi connectivity index (χ4n) is 5.70. The minimum absolute atomic E-state index is 0.0657. The number of nitrogens with zero attached hydrogens (tertiary/aromatic N) is 4. The molecule has 196 valence electrons. The van der Waals surface area contributed by atoms with Crippen LogP contribution in [-0.4, -0.2) is 59.1 Å².